The Hall–Kier alpha value is -1.88. The first-order valence-corrected chi connectivity index (χ1v) is 5.54. The molecule has 17 heavy (non-hydrogen) atoms. The van der Waals surface area contributed by atoms with E-state index in [-0.39, 0.29) is 23.2 Å². The van der Waals surface area contributed by atoms with Gasteiger partial charge in [-0.15, -0.1) is 0 Å². The lowest BCUT2D eigenvalue weighted by atomic mass is 10.2. The minimum atomic E-state index is -0.313. The molecule has 2 aromatic rings. The molecule has 88 valence electrons. The van der Waals surface area contributed by atoms with Gasteiger partial charge in [0.1, 0.15) is 5.58 Å². The Labute approximate surface area is 104 Å². The number of carbonyl (C=O) groups is 1. The first-order valence-electron chi connectivity index (χ1n) is 5.13. The molecule has 0 fully saturated rings. The van der Waals surface area contributed by atoms with Crippen molar-refractivity contribution in [3.63, 3.8) is 0 Å². The lowest BCUT2D eigenvalue weighted by Crippen LogP contribution is -2.31. The Morgan fingerprint density at radius 1 is 1.47 bits per heavy atom. The smallest absolute Gasteiger partial charge is 0.287 e. The zero-order chi connectivity index (χ0) is 12.4. The molecule has 2 rings (SSSR count). The van der Waals surface area contributed by atoms with Crippen LogP contribution in [0.1, 0.15) is 16.1 Å². The molecule has 1 amide bonds. The molecule has 0 unspecified atom stereocenters. The number of amides is 1. The molecule has 0 radical (unpaired) electrons. The van der Waals surface area contributed by atoms with Crippen LogP contribution in [0.3, 0.4) is 0 Å². The van der Waals surface area contributed by atoms with E-state index in [0.717, 1.165) is 10.9 Å². The molecule has 5 heteroatoms. The third-order valence-corrected chi connectivity index (χ3v) is 2.46. The second-order valence-electron chi connectivity index (χ2n) is 3.80. The normalized spacial score (nSPS) is 10.4. The van der Waals surface area contributed by atoms with Crippen LogP contribution in [0.2, 0.25) is 0 Å². The summed E-state index contributed by atoms with van der Waals surface area (Å²) in [7, 11) is 0. The number of nitrogens with two attached hydrogens (primary N) is 1. The number of benzene rings is 1. The number of aryl methyl sites for hydroxylation is 1. The van der Waals surface area contributed by atoms with Crippen LogP contribution < -0.4 is 11.1 Å². The number of hydrogen-bond acceptors (Lipinski definition) is 3. The zero-order valence-corrected chi connectivity index (χ0v) is 10.1. The fourth-order valence-electron chi connectivity index (χ4n) is 1.53. The average molecular weight is 248 g/mol. The molecule has 3 N–H and O–H groups in total. The molecule has 1 aromatic heterocycles. The second-order valence-corrected chi connectivity index (χ2v) is 4.33. The van der Waals surface area contributed by atoms with Crippen molar-refractivity contribution in [2.75, 3.05) is 6.54 Å². The Kier molecular flexibility index (Phi) is 3.10. The van der Waals surface area contributed by atoms with Gasteiger partial charge in [-0.3, -0.25) is 4.79 Å². The van der Waals surface area contributed by atoms with E-state index in [1.165, 1.54) is 0 Å². The number of hydrogen-bond donors (Lipinski definition) is 2. The summed E-state index contributed by atoms with van der Waals surface area (Å²) < 4.78 is 5.42. The highest BCUT2D eigenvalue weighted by Crippen LogP contribution is 2.20. The minimum Gasteiger partial charge on any atom is -0.451 e. The Morgan fingerprint density at radius 3 is 2.94 bits per heavy atom. The first-order chi connectivity index (χ1) is 8.06. The Morgan fingerprint density at radius 2 is 2.24 bits per heavy atom. The Balaban J connectivity index is 2.24. The summed E-state index contributed by atoms with van der Waals surface area (Å²) in [6, 6.07) is 7.44. The summed E-state index contributed by atoms with van der Waals surface area (Å²) in [4.78, 5) is 11.9. The maximum absolute atomic E-state index is 11.7. The van der Waals surface area contributed by atoms with Gasteiger partial charge in [-0.2, -0.15) is 0 Å². The van der Waals surface area contributed by atoms with Gasteiger partial charge >= 0.3 is 0 Å². The van der Waals surface area contributed by atoms with Crippen LogP contribution in [-0.2, 0) is 0 Å². The van der Waals surface area contributed by atoms with E-state index < -0.39 is 0 Å². The molecule has 0 atom stereocenters. The largest absolute Gasteiger partial charge is 0.451 e. The quantitative estimate of drug-likeness (QED) is 0.812. The SMILES string of the molecule is Cc1ccc2oc(C(=O)NCC(N)=S)cc2c1. The maximum atomic E-state index is 11.7. The third kappa shape index (κ3) is 2.62. The Bertz CT molecular complexity index is 589. The summed E-state index contributed by atoms with van der Waals surface area (Å²) >= 11 is 4.68. The minimum absolute atomic E-state index is 0.171. The number of thiocarbonyl (C=S) groups is 1. The monoisotopic (exact) mass is 248 g/mol. The van der Waals surface area contributed by atoms with Crippen LogP contribution in [0.15, 0.2) is 28.7 Å². The number of fused-ring (bicyclic) bond motifs is 1. The average Bonchev–Trinajstić information content (AvgIpc) is 2.68. The second kappa shape index (κ2) is 4.55. The van der Waals surface area contributed by atoms with Crippen molar-refractivity contribution in [3.8, 4) is 0 Å². The molecule has 0 aliphatic carbocycles. The molecule has 1 heterocycles. The molecular formula is C12H12N2O2S. The summed E-state index contributed by atoms with van der Waals surface area (Å²) in [6.45, 7) is 2.16. The highest BCUT2D eigenvalue weighted by Gasteiger charge is 2.11. The summed E-state index contributed by atoms with van der Waals surface area (Å²) in [6.07, 6.45) is 0. The van der Waals surface area contributed by atoms with E-state index in [2.05, 4.69) is 17.5 Å². The van der Waals surface area contributed by atoms with Crippen LogP contribution >= 0.6 is 12.2 Å². The van der Waals surface area contributed by atoms with Gasteiger partial charge in [-0.1, -0.05) is 23.8 Å². The van der Waals surface area contributed by atoms with Crippen LogP contribution in [0, 0.1) is 6.92 Å². The summed E-state index contributed by atoms with van der Waals surface area (Å²) in [5.74, 6) is -0.0477. The molecule has 0 saturated heterocycles. The van der Waals surface area contributed by atoms with Gasteiger partial charge in [0, 0.05) is 5.39 Å². The lowest BCUT2D eigenvalue weighted by molar-refractivity contribution is 0.0934. The fraction of sp³-hybridized carbons (Fsp3) is 0.167. The highest BCUT2D eigenvalue weighted by molar-refractivity contribution is 7.80. The predicted molar refractivity (Wildman–Crippen MR) is 70.1 cm³/mol. The maximum Gasteiger partial charge on any atom is 0.287 e. The van der Waals surface area contributed by atoms with Crippen LogP contribution in [-0.4, -0.2) is 17.4 Å². The number of nitrogens with one attached hydrogen (secondary N) is 1. The van der Waals surface area contributed by atoms with Crippen molar-refractivity contribution >= 4 is 34.1 Å². The van der Waals surface area contributed by atoms with Gasteiger partial charge in [0.15, 0.2) is 5.76 Å². The fourth-order valence-corrected chi connectivity index (χ4v) is 1.60. The van der Waals surface area contributed by atoms with E-state index in [4.69, 9.17) is 10.2 Å². The van der Waals surface area contributed by atoms with Gasteiger partial charge in [-0.25, -0.2) is 0 Å². The van der Waals surface area contributed by atoms with Crippen molar-refractivity contribution in [2.45, 2.75) is 6.92 Å². The molecule has 1 aromatic carbocycles. The molecule has 0 aliphatic rings. The lowest BCUT2D eigenvalue weighted by Gasteiger charge is -1.99. The highest BCUT2D eigenvalue weighted by atomic mass is 32.1. The number of rotatable bonds is 3. The third-order valence-electron chi connectivity index (χ3n) is 2.32. The van der Waals surface area contributed by atoms with Crippen molar-refractivity contribution in [2.24, 2.45) is 5.73 Å². The van der Waals surface area contributed by atoms with Crippen molar-refractivity contribution < 1.29 is 9.21 Å². The van der Waals surface area contributed by atoms with Gasteiger partial charge < -0.3 is 15.5 Å². The standard InChI is InChI=1S/C12H12N2O2S/c1-7-2-3-9-8(4-7)5-10(16-9)12(15)14-6-11(13)17/h2-5H,6H2,1H3,(H2,13,17)(H,14,15). The molecule has 0 saturated carbocycles. The van der Waals surface area contributed by atoms with Gasteiger partial charge in [-0.05, 0) is 25.1 Å². The summed E-state index contributed by atoms with van der Waals surface area (Å²) in [5, 5.41) is 3.48. The van der Waals surface area contributed by atoms with Crippen molar-refractivity contribution in [1.29, 1.82) is 0 Å². The molecule has 0 aliphatic heterocycles. The van der Waals surface area contributed by atoms with Crippen molar-refractivity contribution in [1.82, 2.24) is 5.32 Å². The van der Waals surface area contributed by atoms with E-state index in [9.17, 15) is 4.79 Å². The van der Waals surface area contributed by atoms with E-state index >= 15 is 0 Å². The van der Waals surface area contributed by atoms with Gasteiger partial charge in [0.25, 0.3) is 5.91 Å². The topological polar surface area (TPSA) is 68.3 Å². The number of carbonyl (C=O) groups excluding carboxylic acids is 1. The van der Waals surface area contributed by atoms with E-state index in [1.807, 2.05) is 25.1 Å². The molecule has 4 nitrogen and oxygen atoms in total. The predicted octanol–water partition coefficient (Wildman–Crippen LogP) is 1.76. The van der Waals surface area contributed by atoms with Crippen LogP contribution in [0.5, 0.6) is 0 Å². The zero-order valence-electron chi connectivity index (χ0n) is 9.32. The van der Waals surface area contributed by atoms with Crippen LogP contribution in [0.4, 0.5) is 0 Å². The first kappa shape index (κ1) is 11.6. The van der Waals surface area contributed by atoms with Crippen molar-refractivity contribution in [3.05, 3.63) is 35.6 Å². The molecule has 0 bridgehead atoms. The van der Waals surface area contributed by atoms with Gasteiger partial charge in [0.2, 0.25) is 0 Å². The van der Waals surface area contributed by atoms with Crippen LogP contribution in [0.25, 0.3) is 11.0 Å². The van der Waals surface area contributed by atoms with Gasteiger partial charge in [0.05, 0.1) is 11.5 Å². The van der Waals surface area contributed by atoms with E-state index in [1.54, 1.807) is 6.07 Å². The molecule has 0 spiro atoms. The molecular weight excluding hydrogens is 236 g/mol. The number of furan rings is 1. The summed E-state index contributed by atoms with van der Waals surface area (Å²) in [5.41, 5.74) is 7.11. The van der Waals surface area contributed by atoms with E-state index in [0.29, 0.717) is 5.58 Å².